The molecule has 1 aromatic heterocycles. The zero-order chi connectivity index (χ0) is 16.1. The number of carbonyl (C=O) groups is 1. The van der Waals surface area contributed by atoms with Crippen LogP contribution in [0, 0.1) is 0 Å². The van der Waals surface area contributed by atoms with Gasteiger partial charge in [-0.25, -0.2) is 0 Å². The lowest BCUT2D eigenvalue weighted by molar-refractivity contribution is -0.120. The zero-order valence-corrected chi connectivity index (χ0v) is 13.8. The number of benzene rings is 2. The topological polar surface area (TPSA) is 72.7 Å². The van der Waals surface area contributed by atoms with Crippen LogP contribution in [-0.2, 0) is 17.8 Å². The summed E-state index contributed by atoms with van der Waals surface area (Å²) < 4.78 is 2.54. The van der Waals surface area contributed by atoms with E-state index in [9.17, 15) is 4.79 Å². The van der Waals surface area contributed by atoms with Crippen molar-refractivity contribution in [1.29, 1.82) is 0 Å². The minimum absolute atomic E-state index is 0.0695. The maximum Gasteiger partial charge on any atom is 0.224 e. The SMILES string of the molecule is O=C(Cc1ccccc1)NCc1nnnn1-c1cccc(Br)c1. The molecule has 0 bridgehead atoms. The van der Waals surface area contributed by atoms with E-state index in [4.69, 9.17) is 0 Å². The van der Waals surface area contributed by atoms with E-state index in [1.807, 2.05) is 54.6 Å². The largest absolute Gasteiger partial charge is 0.348 e. The summed E-state index contributed by atoms with van der Waals surface area (Å²) in [6.45, 7) is 0.269. The third kappa shape index (κ3) is 4.01. The fourth-order valence-electron chi connectivity index (χ4n) is 2.15. The van der Waals surface area contributed by atoms with Gasteiger partial charge in [-0.3, -0.25) is 4.79 Å². The second-order valence-corrected chi connectivity index (χ2v) is 5.84. The molecule has 3 rings (SSSR count). The molecule has 0 atom stereocenters. The van der Waals surface area contributed by atoms with E-state index >= 15 is 0 Å². The number of carbonyl (C=O) groups excluding carboxylic acids is 1. The van der Waals surface area contributed by atoms with Crippen molar-refractivity contribution >= 4 is 21.8 Å². The average Bonchev–Trinajstić information content (AvgIpc) is 3.02. The van der Waals surface area contributed by atoms with E-state index in [1.54, 1.807) is 4.68 Å². The highest BCUT2D eigenvalue weighted by Crippen LogP contribution is 2.15. The molecule has 0 fully saturated rings. The van der Waals surface area contributed by atoms with E-state index in [1.165, 1.54) is 0 Å². The quantitative estimate of drug-likeness (QED) is 0.746. The monoisotopic (exact) mass is 371 g/mol. The van der Waals surface area contributed by atoms with Gasteiger partial charge in [0.2, 0.25) is 5.91 Å². The number of hydrogen-bond donors (Lipinski definition) is 1. The lowest BCUT2D eigenvalue weighted by Gasteiger charge is -2.07. The van der Waals surface area contributed by atoms with Gasteiger partial charge in [-0.2, -0.15) is 4.68 Å². The Hall–Kier alpha value is -2.54. The smallest absolute Gasteiger partial charge is 0.224 e. The summed E-state index contributed by atoms with van der Waals surface area (Å²) in [4.78, 5) is 12.0. The fraction of sp³-hybridized carbons (Fsp3) is 0.125. The first-order valence-electron chi connectivity index (χ1n) is 7.06. The van der Waals surface area contributed by atoms with E-state index < -0.39 is 0 Å². The maximum absolute atomic E-state index is 12.0. The molecule has 0 saturated heterocycles. The lowest BCUT2D eigenvalue weighted by Crippen LogP contribution is -2.26. The van der Waals surface area contributed by atoms with E-state index in [-0.39, 0.29) is 12.5 Å². The third-order valence-corrected chi connectivity index (χ3v) is 3.73. The summed E-state index contributed by atoms with van der Waals surface area (Å²) in [5, 5.41) is 14.5. The van der Waals surface area contributed by atoms with Gasteiger partial charge in [0, 0.05) is 4.47 Å². The van der Waals surface area contributed by atoms with Crippen LogP contribution >= 0.6 is 15.9 Å². The van der Waals surface area contributed by atoms with Gasteiger partial charge < -0.3 is 5.32 Å². The van der Waals surface area contributed by atoms with Gasteiger partial charge in [-0.15, -0.1) is 5.10 Å². The summed E-state index contributed by atoms with van der Waals surface area (Å²) in [6.07, 6.45) is 0.333. The third-order valence-electron chi connectivity index (χ3n) is 3.24. The molecule has 0 aliphatic heterocycles. The number of aromatic nitrogens is 4. The van der Waals surface area contributed by atoms with Crippen molar-refractivity contribution in [2.45, 2.75) is 13.0 Å². The van der Waals surface area contributed by atoms with Crippen molar-refractivity contribution in [1.82, 2.24) is 25.5 Å². The van der Waals surface area contributed by atoms with Gasteiger partial charge in [-0.1, -0.05) is 52.3 Å². The van der Waals surface area contributed by atoms with Crippen LogP contribution in [0.2, 0.25) is 0 Å². The Balaban J connectivity index is 1.65. The molecule has 7 heteroatoms. The first kappa shape index (κ1) is 15.4. The van der Waals surface area contributed by atoms with Crippen molar-refractivity contribution in [2.24, 2.45) is 0 Å². The minimum Gasteiger partial charge on any atom is -0.348 e. The molecule has 6 nitrogen and oxygen atoms in total. The number of halogens is 1. The van der Waals surface area contributed by atoms with Crippen LogP contribution in [0.25, 0.3) is 5.69 Å². The van der Waals surface area contributed by atoms with E-state index in [2.05, 4.69) is 36.8 Å². The number of nitrogens with zero attached hydrogens (tertiary/aromatic N) is 4. The van der Waals surface area contributed by atoms with Crippen LogP contribution in [0.3, 0.4) is 0 Å². The van der Waals surface area contributed by atoms with Crippen molar-refractivity contribution in [2.75, 3.05) is 0 Å². The minimum atomic E-state index is -0.0695. The normalized spacial score (nSPS) is 10.5. The average molecular weight is 372 g/mol. The number of rotatable bonds is 5. The van der Waals surface area contributed by atoms with Gasteiger partial charge in [0.1, 0.15) is 0 Å². The number of tetrazole rings is 1. The summed E-state index contributed by atoms with van der Waals surface area (Å²) in [5.74, 6) is 0.504. The van der Waals surface area contributed by atoms with Gasteiger partial charge in [0.05, 0.1) is 18.7 Å². The highest BCUT2D eigenvalue weighted by molar-refractivity contribution is 9.10. The Morgan fingerprint density at radius 2 is 1.96 bits per heavy atom. The Bertz CT molecular complexity index is 803. The second kappa shape index (κ2) is 7.15. The lowest BCUT2D eigenvalue weighted by atomic mass is 10.1. The summed E-state index contributed by atoms with van der Waals surface area (Å²) in [7, 11) is 0. The van der Waals surface area contributed by atoms with Crippen molar-refractivity contribution < 1.29 is 4.79 Å². The fourth-order valence-corrected chi connectivity index (χ4v) is 2.53. The molecule has 23 heavy (non-hydrogen) atoms. The number of hydrogen-bond acceptors (Lipinski definition) is 4. The van der Waals surface area contributed by atoms with Crippen molar-refractivity contribution in [3.63, 3.8) is 0 Å². The zero-order valence-electron chi connectivity index (χ0n) is 12.2. The molecule has 1 amide bonds. The van der Waals surface area contributed by atoms with Crippen molar-refractivity contribution in [3.8, 4) is 5.69 Å². The van der Waals surface area contributed by atoms with Crippen LogP contribution in [0.1, 0.15) is 11.4 Å². The van der Waals surface area contributed by atoms with Crippen LogP contribution in [0.4, 0.5) is 0 Å². The molecule has 116 valence electrons. The molecule has 2 aromatic carbocycles. The van der Waals surface area contributed by atoms with Gasteiger partial charge in [-0.05, 0) is 34.2 Å². The molecule has 0 saturated carbocycles. The molecule has 0 aliphatic carbocycles. The van der Waals surface area contributed by atoms with Crippen molar-refractivity contribution in [3.05, 3.63) is 70.5 Å². The highest BCUT2D eigenvalue weighted by atomic mass is 79.9. The Morgan fingerprint density at radius 3 is 2.74 bits per heavy atom. The first-order valence-corrected chi connectivity index (χ1v) is 7.85. The summed E-state index contributed by atoms with van der Waals surface area (Å²) in [5.41, 5.74) is 1.80. The molecule has 0 spiro atoms. The van der Waals surface area contributed by atoms with Gasteiger partial charge in [0.15, 0.2) is 5.82 Å². The number of nitrogens with one attached hydrogen (secondary N) is 1. The van der Waals surface area contributed by atoms with E-state index in [0.29, 0.717) is 12.2 Å². The Morgan fingerprint density at radius 1 is 1.13 bits per heavy atom. The molecule has 3 aromatic rings. The predicted octanol–water partition coefficient (Wildman–Crippen LogP) is 2.28. The van der Waals surface area contributed by atoms with Crippen LogP contribution in [0.5, 0.6) is 0 Å². The summed E-state index contributed by atoms with van der Waals surface area (Å²) >= 11 is 3.42. The Kier molecular flexibility index (Phi) is 4.77. The second-order valence-electron chi connectivity index (χ2n) is 4.93. The summed E-state index contributed by atoms with van der Waals surface area (Å²) in [6, 6.07) is 17.2. The number of amides is 1. The van der Waals surface area contributed by atoms with Crippen LogP contribution in [0.15, 0.2) is 59.1 Å². The van der Waals surface area contributed by atoms with Gasteiger partial charge >= 0.3 is 0 Å². The molecule has 1 N–H and O–H groups in total. The molecule has 0 aliphatic rings. The Labute approximate surface area is 141 Å². The first-order chi connectivity index (χ1) is 11.2. The highest BCUT2D eigenvalue weighted by Gasteiger charge is 2.10. The van der Waals surface area contributed by atoms with Gasteiger partial charge in [0.25, 0.3) is 0 Å². The van der Waals surface area contributed by atoms with Crippen LogP contribution in [-0.4, -0.2) is 26.1 Å². The van der Waals surface area contributed by atoms with E-state index in [0.717, 1.165) is 15.7 Å². The molecule has 1 heterocycles. The molecule has 0 unspecified atom stereocenters. The molecular weight excluding hydrogens is 358 g/mol. The standard InChI is InChI=1S/C16H14BrN5O/c17-13-7-4-8-14(10-13)22-15(19-20-21-22)11-18-16(23)9-12-5-2-1-3-6-12/h1-8,10H,9,11H2,(H,18,23). The molecular formula is C16H14BrN5O. The predicted molar refractivity (Wildman–Crippen MR) is 88.8 cm³/mol. The molecule has 0 radical (unpaired) electrons. The maximum atomic E-state index is 12.0. The van der Waals surface area contributed by atoms with Crippen LogP contribution < -0.4 is 5.32 Å².